The number of hydrogen-bond acceptors (Lipinski definition) is 5. The van der Waals surface area contributed by atoms with Crippen molar-refractivity contribution in [2.24, 2.45) is 0 Å². The van der Waals surface area contributed by atoms with E-state index in [9.17, 15) is 13.5 Å². The molecule has 21 heavy (non-hydrogen) atoms. The van der Waals surface area contributed by atoms with Crippen LogP contribution in [0.4, 0.5) is 0 Å². The lowest BCUT2D eigenvalue weighted by atomic mass is 10.2. The van der Waals surface area contributed by atoms with E-state index in [4.69, 9.17) is 4.74 Å². The van der Waals surface area contributed by atoms with Crippen molar-refractivity contribution in [2.75, 3.05) is 31.7 Å². The number of rotatable bonds is 6. The van der Waals surface area contributed by atoms with Gasteiger partial charge in [-0.2, -0.15) is 0 Å². The van der Waals surface area contributed by atoms with Gasteiger partial charge in [0.15, 0.2) is 9.84 Å². The molecule has 0 aromatic heterocycles. The highest BCUT2D eigenvalue weighted by Crippen LogP contribution is 2.17. The number of aryl methyl sites for hydroxylation is 1. The molecule has 0 bridgehead atoms. The maximum Gasteiger partial charge on any atom is 0.151 e. The fourth-order valence-electron chi connectivity index (χ4n) is 2.48. The Bertz CT molecular complexity index is 556. The molecule has 1 aliphatic heterocycles. The third kappa shape index (κ3) is 4.98. The van der Waals surface area contributed by atoms with Gasteiger partial charge in [0.2, 0.25) is 0 Å². The first kappa shape index (κ1) is 16.3. The molecule has 2 atom stereocenters. The van der Waals surface area contributed by atoms with Crippen molar-refractivity contribution in [3.8, 4) is 5.75 Å². The summed E-state index contributed by atoms with van der Waals surface area (Å²) in [5, 5.41) is 10.0. The molecule has 0 radical (unpaired) electrons. The Morgan fingerprint density at radius 3 is 2.62 bits per heavy atom. The minimum Gasteiger partial charge on any atom is -0.491 e. The number of sulfone groups is 1. The van der Waals surface area contributed by atoms with Gasteiger partial charge in [0, 0.05) is 12.6 Å². The predicted molar refractivity (Wildman–Crippen MR) is 82.4 cm³/mol. The first-order chi connectivity index (χ1) is 9.85. The van der Waals surface area contributed by atoms with Gasteiger partial charge in [0.05, 0.1) is 11.5 Å². The number of aliphatic hydroxyl groups is 1. The maximum atomic E-state index is 11.5. The lowest BCUT2D eigenvalue weighted by molar-refractivity contribution is 0.0664. The molecule has 1 aromatic carbocycles. The van der Waals surface area contributed by atoms with Gasteiger partial charge in [-0.3, -0.25) is 4.90 Å². The molecule has 2 rings (SSSR count). The van der Waals surface area contributed by atoms with Crippen LogP contribution in [0.25, 0.3) is 0 Å². The van der Waals surface area contributed by atoms with Gasteiger partial charge < -0.3 is 9.84 Å². The van der Waals surface area contributed by atoms with E-state index < -0.39 is 15.9 Å². The molecular formula is C15H23NO4S. The number of benzene rings is 1. The van der Waals surface area contributed by atoms with Crippen LogP contribution in [-0.4, -0.2) is 62.3 Å². The van der Waals surface area contributed by atoms with Crippen LogP contribution in [0.15, 0.2) is 24.3 Å². The van der Waals surface area contributed by atoms with Crippen LogP contribution in [-0.2, 0) is 9.84 Å². The smallest absolute Gasteiger partial charge is 0.151 e. The highest BCUT2D eigenvalue weighted by atomic mass is 32.2. The molecule has 1 heterocycles. The fraction of sp³-hybridized carbons (Fsp3) is 0.600. The summed E-state index contributed by atoms with van der Waals surface area (Å²) >= 11 is 0. The first-order valence-electron chi connectivity index (χ1n) is 7.14. The summed E-state index contributed by atoms with van der Waals surface area (Å²) in [6.07, 6.45) is 0.00397. The summed E-state index contributed by atoms with van der Waals surface area (Å²) in [6, 6.07) is 7.66. The van der Waals surface area contributed by atoms with Crippen molar-refractivity contribution in [1.29, 1.82) is 0 Å². The summed E-state index contributed by atoms with van der Waals surface area (Å²) in [4.78, 5) is 1.91. The van der Waals surface area contributed by atoms with E-state index in [0.717, 1.165) is 11.3 Å². The largest absolute Gasteiger partial charge is 0.491 e. The van der Waals surface area contributed by atoms with Gasteiger partial charge in [-0.15, -0.1) is 0 Å². The zero-order valence-electron chi connectivity index (χ0n) is 12.5. The van der Waals surface area contributed by atoms with Gasteiger partial charge in [-0.05, 0) is 32.5 Å². The van der Waals surface area contributed by atoms with Gasteiger partial charge in [0.25, 0.3) is 0 Å². The van der Waals surface area contributed by atoms with Gasteiger partial charge in [-0.1, -0.05) is 17.7 Å². The Morgan fingerprint density at radius 2 is 2.05 bits per heavy atom. The molecule has 0 saturated carbocycles. The Balaban J connectivity index is 1.76. The van der Waals surface area contributed by atoms with E-state index in [2.05, 4.69) is 0 Å². The molecule has 0 unspecified atom stereocenters. The highest BCUT2D eigenvalue weighted by Gasteiger charge is 2.31. The Hall–Kier alpha value is -1.11. The van der Waals surface area contributed by atoms with E-state index in [1.54, 1.807) is 0 Å². The lowest BCUT2D eigenvalue weighted by Gasteiger charge is -2.25. The zero-order valence-corrected chi connectivity index (χ0v) is 13.3. The number of nitrogens with zero attached hydrogens (tertiary/aromatic N) is 1. The summed E-state index contributed by atoms with van der Waals surface area (Å²) in [5.41, 5.74) is 1.16. The van der Waals surface area contributed by atoms with E-state index >= 15 is 0 Å². The van der Waals surface area contributed by atoms with Crippen molar-refractivity contribution < 1.29 is 18.3 Å². The van der Waals surface area contributed by atoms with Crippen molar-refractivity contribution >= 4 is 9.84 Å². The first-order valence-corrected chi connectivity index (χ1v) is 8.96. The summed E-state index contributed by atoms with van der Waals surface area (Å²) in [7, 11) is -1.04. The number of ether oxygens (including phenoxy) is 1. The average molecular weight is 313 g/mol. The van der Waals surface area contributed by atoms with Gasteiger partial charge in [0.1, 0.15) is 18.5 Å². The van der Waals surface area contributed by atoms with E-state index in [1.165, 1.54) is 0 Å². The van der Waals surface area contributed by atoms with Crippen LogP contribution in [0, 0.1) is 6.92 Å². The summed E-state index contributed by atoms with van der Waals surface area (Å²) in [6.45, 7) is 2.61. The van der Waals surface area contributed by atoms with Crippen molar-refractivity contribution in [3.05, 3.63) is 29.8 Å². The number of hydrogen-bond donors (Lipinski definition) is 1. The van der Waals surface area contributed by atoms with Crippen LogP contribution in [0.3, 0.4) is 0 Å². The van der Waals surface area contributed by atoms with Crippen molar-refractivity contribution in [3.63, 3.8) is 0 Å². The Labute approximate surface area is 126 Å². The summed E-state index contributed by atoms with van der Waals surface area (Å²) < 4.78 is 28.4. The van der Waals surface area contributed by atoms with Crippen LogP contribution < -0.4 is 4.74 Å². The second-order valence-corrected chi connectivity index (χ2v) is 8.00. The standard InChI is InChI=1S/C15H23NO4S/c1-12-3-5-15(6-4-12)20-10-14(17)9-16(2)13-7-8-21(18,19)11-13/h3-6,13-14,17H,7-11H2,1-2H3/t13-,14-/m0/s1. The van der Waals surface area contributed by atoms with E-state index in [1.807, 2.05) is 43.1 Å². The van der Waals surface area contributed by atoms with Crippen LogP contribution in [0.5, 0.6) is 5.75 Å². The maximum absolute atomic E-state index is 11.5. The Kier molecular flexibility index (Phi) is 5.24. The summed E-state index contributed by atoms with van der Waals surface area (Å²) in [5.74, 6) is 1.17. The third-order valence-corrected chi connectivity index (χ3v) is 5.54. The average Bonchev–Trinajstić information content (AvgIpc) is 2.78. The molecular weight excluding hydrogens is 290 g/mol. The molecule has 1 aliphatic rings. The topological polar surface area (TPSA) is 66.8 Å². The minimum absolute atomic E-state index is 0.00373. The molecule has 0 amide bonds. The van der Waals surface area contributed by atoms with Crippen LogP contribution >= 0.6 is 0 Å². The Morgan fingerprint density at radius 1 is 1.38 bits per heavy atom. The molecule has 1 N–H and O–H groups in total. The molecule has 1 aromatic rings. The number of likely N-dealkylation sites (N-methyl/N-ethyl adjacent to an activating group) is 1. The molecule has 1 fully saturated rings. The van der Waals surface area contributed by atoms with Crippen LogP contribution in [0.1, 0.15) is 12.0 Å². The number of aliphatic hydroxyl groups excluding tert-OH is 1. The van der Waals surface area contributed by atoms with Gasteiger partial charge in [-0.25, -0.2) is 8.42 Å². The quantitative estimate of drug-likeness (QED) is 0.843. The van der Waals surface area contributed by atoms with Crippen molar-refractivity contribution in [2.45, 2.75) is 25.5 Å². The molecule has 0 spiro atoms. The molecule has 6 heteroatoms. The van der Waals surface area contributed by atoms with E-state index in [-0.39, 0.29) is 24.2 Å². The minimum atomic E-state index is -2.89. The van der Waals surface area contributed by atoms with Gasteiger partial charge >= 0.3 is 0 Å². The normalized spacial score (nSPS) is 22.4. The second-order valence-electron chi connectivity index (χ2n) is 5.77. The lowest BCUT2D eigenvalue weighted by Crippen LogP contribution is -2.40. The molecule has 118 valence electrons. The predicted octanol–water partition coefficient (Wildman–Crippen LogP) is 0.854. The fourth-order valence-corrected chi connectivity index (χ4v) is 4.29. The second kappa shape index (κ2) is 6.77. The molecule has 0 aliphatic carbocycles. The molecule has 5 nitrogen and oxygen atoms in total. The third-order valence-electron chi connectivity index (χ3n) is 3.79. The van der Waals surface area contributed by atoms with E-state index in [0.29, 0.717) is 13.0 Å². The van der Waals surface area contributed by atoms with Crippen molar-refractivity contribution in [1.82, 2.24) is 4.90 Å². The molecule has 1 saturated heterocycles. The highest BCUT2D eigenvalue weighted by molar-refractivity contribution is 7.91. The SMILES string of the molecule is Cc1ccc(OC[C@@H](O)CN(C)[C@H]2CCS(=O)(=O)C2)cc1. The monoisotopic (exact) mass is 313 g/mol. The van der Waals surface area contributed by atoms with Crippen LogP contribution in [0.2, 0.25) is 0 Å². The zero-order chi connectivity index (χ0) is 15.5.